The van der Waals surface area contributed by atoms with E-state index >= 15 is 0 Å². The van der Waals surface area contributed by atoms with Crippen LogP contribution in [-0.2, 0) is 16.2 Å². The van der Waals surface area contributed by atoms with Gasteiger partial charge in [-0.3, -0.25) is 0 Å². The molecule has 1 heterocycles. The zero-order valence-corrected chi connectivity index (χ0v) is 12.2. The van der Waals surface area contributed by atoms with Crippen LogP contribution in [-0.4, -0.2) is 45.2 Å². The molecule has 5 nitrogen and oxygen atoms in total. The summed E-state index contributed by atoms with van der Waals surface area (Å²) in [6.07, 6.45) is -3.39. The van der Waals surface area contributed by atoms with Crippen LogP contribution in [0.4, 0.5) is 24.5 Å². The number of hydrogen-bond acceptors (Lipinski definition) is 4. The summed E-state index contributed by atoms with van der Waals surface area (Å²) in [6.45, 7) is 1.19. The molecule has 0 aromatic heterocycles. The Balaban J connectivity index is 2.18. The molecule has 0 saturated carbocycles. The number of piperazine rings is 1. The number of hydrogen-bond donors (Lipinski definition) is 1. The van der Waals surface area contributed by atoms with Gasteiger partial charge in [-0.1, -0.05) is 0 Å². The van der Waals surface area contributed by atoms with Crippen LogP contribution in [0.2, 0.25) is 0 Å². The molecule has 1 fully saturated rings. The predicted molar refractivity (Wildman–Crippen MR) is 74.5 cm³/mol. The quantitative estimate of drug-likeness (QED) is 0.835. The molecule has 9 heteroatoms. The van der Waals surface area contributed by atoms with Crippen molar-refractivity contribution in [3.63, 3.8) is 0 Å². The van der Waals surface area contributed by atoms with E-state index in [0.717, 1.165) is 12.3 Å². The number of halogens is 3. The van der Waals surface area contributed by atoms with E-state index < -0.39 is 21.8 Å². The summed E-state index contributed by atoms with van der Waals surface area (Å²) in [4.78, 5) is 1.72. The highest BCUT2D eigenvalue weighted by Crippen LogP contribution is 2.36. The molecule has 0 amide bonds. The Morgan fingerprint density at radius 1 is 1.14 bits per heavy atom. The highest BCUT2D eigenvalue weighted by atomic mass is 32.2. The number of sulfonamides is 1. The first-order valence-corrected chi connectivity index (χ1v) is 8.10. The SMILES string of the molecule is CS(=O)(=O)N1CCN(c2ccc(N)c(C(F)(F)F)c2)CC1. The number of nitrogens with zero attached hydrogens (tertiary/aromatic N) is 2. The summed E-state index contributed by atoms with van der Waals surface area (Å²) in [7, 11) is -3.26. The Kier molecular flexibility index (Phi) is 4.07. The molecule has 1 saturated heterocycles. The van der Waals surface area contributed by atoms with Crippen molar-refractivity contribution in [1.29, 1.82) is 0 Å². The van der Waals surface area contributed by atoms with Gasteiger partial charge in [0.1, 0.15) is 0 Å². The van der Waals surface area contributed by atoms with Crippen LogP contribution in [0.15, 0.2) is 18.2 Å². The molecule has 1 aliphatic heterocycles. The lowest BCUT2D eigenvalue weighted by Gasteiger charge is -2.35. The minimum Gasteiger partial charge on any atom is -0.398 e. The monoisotopic (exact) mass is 323 g/mol. The fourth-order valence-electron chi connectivity index (χ4n) is 2.26. The average Bonchev–Trinajstić information content (AvgIpc) is 2.37. The van der Waals surface area contributed by atoms with Crippen LogP contribution >= 0.6 is 0 Å². The maximum absolute atomic E-state index is 12.8. The molecule has 2 N–H and O–H groups in total. The number of alkyl halides is 3. The second kappa shape index (κ2) is 5.38. The van der Waals surface area contributed by atoms with E-state index in [-0.39, 0.29) is 18.8 Å². The van der Waals surface area contributed by atoms with E-state index in [1.54, 1.807) is 4.90 Å². The van der Waals surface area contributed by atoms with Crippen molar-refractivity contribution < 1.29 is 21.6 Å². The fraction of sp³-hybridized carbons (Fsp3) is 0.500. The predicted octanol–water partition coefficient (Wildman–Crippen LogP) is 1.37. The first kappa shape index (κ1) is 15.9. The van der Waals surface area contributed by atoms with Crippen LogP contribution in [0.5, 0.6) is 0 Å². The standard InChI is InChI=1S/C12H16F3N3O2S/c1-21(19,20)18-6-4-17(5-7-18)9-2-3-11(16)10(8-9)12(13,14)15/h2-3,8H,4-7,16H2,1H3. The summed E-state index contributed by atoms with van der Waals surface area (Å²) in [5.41, 5.74) is 4.56. The van der Waals surface area contributed by atoms with Gasteiger partial charge in [0.2, 0.25) is 10.0 Å². The zero-order valence-electron chi connectivity index (χ0n) is 11.4. The molecule has 0 atom stereocenters. The fourth-order valence-corrected chi connectivity index (χ4v) is 3.09. The molecular formula is C12H16F3N3O2S. The summed E-state index contributed by atoms with van der Waals surface area (Å²) < 4.78 is 62.6. The number of benzene rings is 1. The zero-order chi connectivity index (χ0) is 15.8. The molecule has 0 radical (unpaired) electrons. The van der Waals surface area contributed by atoms with Gasteiger partial charge in [0.05, 0.1) is 11.8 Å². The van der Waals surface area contributed by atoms with E-state index in [4.69, 9.17) is 5.73 Å². The first-order chi connectivity index (χ1) is 9.59. The second-order valence-electron chi connectivity index (χ2n) is 4.92. The maximum Gasteiger partial charge on any atom is 0.418 e. The second-order valence-corrected chi connectivity index (χ2v) is 6.90. The summed E-state index contributed by atoms with van der Waals surface area (Å²) in [5.74, 6) is 0. The molecule has 1 aromatic rings. The van der Waals surface area contributed by atoms with Gasteiger partial charge in [0.15, 0.2) is 0 Å². The van der Waals surface area contributed by atoms with Gasteiger partial charge in [-0.2, -0.15) is 17.5 Å². The van der Waals surface area contributed by atoms with Crippen molar-refractivity contribution in [3.05, 3.63) is 23.8 Å². The van der Waals surface area contributed by atoms with E-state index in [1.807, 2.05) is 0 Å². The minimum atomic E-state index is -4.51. The summed E-state index contributed by atoms with van der Waals surface area (Å²) in [5, 5.41) is 0. The van der Waals surface area contributed by atoms with E-state index in [2.05, 4.69) is 0 Å². The highest BCUT2D eigenvalue weighted by molar-refractivity contribution is 7.88. The van der Waals surface area contributed by atoms with Gasteiger partial charge in [-0.05, 0) is 18.2 Å². The van der Waals surface area contributed by atoms with Gasteiger partial charge in [-0.15, -0.1) is 0 Å². The van der Waals surface area contributed by atoms with Gasteiger partial charge in [0, 0.05) is 37.6 Å². The lowest BCUT2D eigenvalue weighted by atomic mass is 10.1. The average molecular weight is 323 g/mol. The molecule has 2 rings (SSSR count). The molecular weight excluding hydrogens is 307 g/mol. The van der Waals surface area contributed by atoms with Crippen molar-refractivity contribution >= 4 is 21.4 Å². The topological polar surface area (TPSA) is 66.6 Å². The van der Waals surface area contributed by atoms with Crippen LogP contribution in [0.3, 0.4) is 0 Å². The van der Waals surface area contributed by atoms with Gasteiger partial charge >= 0.3 is 6.18 Å². The third-order valence-electron chi connectivity index (χ3n) is 3.42. The maximum atomic E-state index is 12.8. The van der Waals surface area contributed by atoms with Gasteiger partial charge in [-0.25, -0.2) is 8.42 Å². The number of nitrogens with two attached hydrogens (primary N) is 1. The van der Waals surface area contributed by atoms with Gasteiger partial charge in [0.25, 0.3) is 0 Å². The lowest BCUT2D eigenvalue weighted by molar-refractivity contribution is -0.136. The number of anilines is 2. The van der Waals surface area contributed by atoms with Crippen LogP contribution in [0, 0.1) is 0 Å². The van der Waals surface area contributed by atoms with Crippen molar-refractivity contribution in [3.8, 4) is 0 Å². The van der Waals surface area contributed by atoms with Crippen molar-refractivity contribution in [2.24, 2.45) is 0 Å². The molecule has 0 spiro atoms. The van der Waals surface area contributed by atoms with E-state index in [1.165, 1.54) is 16.4 Å². The molecule has 0 aliphatic carbocycles. The van der Waals surface area contributed by atoms with Crippen molar-refractivity contribution in [1.82, 2.24) is 4.31 Å². The molecule has 118 valence electrons. The highest BCUT2D eigenvalue weighted by Gasteiger charge is 2.34. The lowest BCUT2D eigenvalue weighted by Crippen LogP contribution is -2.48. The molecule has 21 heavy (non-hydrogen) atoms. The van der Waals surface area contributed by atoms with Crippen LogP contribution in [0.1, 0.15) is 5.56 Å². The van der Waals surface area contributed by atoms with Gasteiger partial charge < -0.3 is 10.6 Å². The summed E-state index contributed by atoms with van der Waals surface area (Å²) >= 11 is 0. The Hall–Kier alpha value is -1.48. The Labute approximate surface area is 121 Å². The van der Waals surface area contributed by atoms with E-state index in [0.29, 0.717) is 18.8 Å². The van der Waals surface area contributed by atoms with E-state index in [9.17, 15) is 21.6 Å². The third-order valence-corrected chi connectivity index (χ3v) is 4.72. The summed E-state index contributed by atoms with van der Waals surface area (Å²) in [6, 6.07) is 3.74. The van der Waals surface area contributed by atoms with Crippen LogP contribution in [0.25, 0.3) is 0 Å². The van der Waals surface area contributed by atoms with Crippen molar-refractivity contribution in [2.45, 2.75) is 6.18 Å². The Morgan fingerprint density at radius 2 is 1.71 bits per heavy atom. The first-order valence-electron chi connectivity index (χ1n) is 6.26. The third kappa shape index (κ3) is 3.59. The number of nitrogen functional groups attached to an aromatic ring is 1. The molecule has 0 unspecified atom stereocenters. The largest absolute Gasteiger partial charge is 0.418 e. The van der Waals surface area contributed by atoms with Crippen LogP contribution < -0.4 is 10.6 Å². The normalized spacial score (nSPS) is 18.0. The molecule has 1 aromatic carbocycles. The Bertz CT molecular complexity index is 623. The van der Waals surface area contributed by atoms with Crippen molar-refractivity contribution in [2.75, 3.05) is 43.1 Å². The molecule has 0 bridgehead atoms. The Morgan fingerprint density at radius 3 is 2.19 bits per heavy atom. The minimum absolute atomic E-state index is 0.255. The number of rotatable bonds is 2. The molecule has 1 aliphatic rings. The smallest absolute Gasteiger partial charge is 0.398 e.